The van der Waals surface area contributed by atoms with Gasteiger partial charge in [0.1, 0.15) is 11.9 Å². The number of benzene rings is 2. The van der Waals surface area contributed by atoms with E-state index in [2.05, 4.69) is 44.8 Å². The van der Waals surface area contributed by atoms with Gasteiger partial charge < -0.3 is 10.1 Å². The molecule has 0 bridgehead atoms. The van der Waals surface area contributed by atoms with Crippen molar-refractivity contribution in [1.29, 1.82) is 0 Å². The van der Waals surface area contributed by atoms with Crippen LogP contribution >= 0.6 is 0 Å². The number of aromatic amines is 1. The highest BCUT2D eigenvalue weighted by Crippen LogP contribution is 2.27. The minimum atomic E-state index is -0.0950. The van der Waals surface area contributed by atoms with Gasteiger partial charge in [-0.25, -0.2) is 0 Å². The van der Waals surface area contributed by atoms with Crippen LogP contribution in [0.5, 0.6) is 5.75 Å². The molecule has 2 aromatic heterocycles. The van der Waals surface area contributed by atoms with E-state index in [1.807, 2.05) is 61.9 Å². The Morgan fingerprint density at radius 2 is 1.86 bits per heavy atom. The number of H-pyrrole nitrogens is 1. The Hall–Kier alpha value is -3.44. The molecule has 5 heteroatoms. The van der Waals surface area contributed by atoms with Crippen molar-refractivity contribution in [1.82, 2.24) is 20.5 Å². The van der Waals surface area contributed by atoms with E-state index in [0.717, 1.165) is 33.7 Å². The van der Waals surface area contributed by atoms with Crippen LogP contribution in [0.15, 0.2) is 85.3 Å². The number of pyridine rings is 1. The summed E-state index contributed by atoms with van der Waals surface area (Å²) in [6, 6.07) is 22.4. The Kier molecular flexibility index (Phi) is 5.45. The van der Waals surface area contributed by atoms with Gasteiger partial charge in [0.15, 0.2) is 0 Å². The van der Waals surface area contributed by atoms with Crippen LogP contribution in [-0.4, -0.2) is 28.8 Å². The minimum absolute atomic E-state index is 0.0950. The third kappa shape index (κ3) is 4.10. The molecule has 0 amide bonds. The summed E-state index contributed by atoms with van der Waals surface area (Å²) in [4.78, 5) is 4.42. The molecule has 2 N–H and O–H groups in total. The highest BCUT2D eigenvalue weighted by atomic mass is 16.5. The van der Waals surface area contributed by atoms with Crippen molar-refractivity contribution in [3.8, 4) is 28.1 Å². The van der Waals surface area contributed by atoms with Gasteiger partial charge in [-0.15, -0.1) is 0 Å². The zero-order valence-electron chi connectivity index (χ0n) is 15.7. The molecule has 4 aromatic rings. The van der Waals surface area contributed by atoms with Crippen molar-refractivity contribution in [2.45, 2.75) is 6.10 Å². The molecule has 1 unspecified atom stereocenters. The van der Waals surface area contributed by atoms with Gasteiger partial charge in [0.2, 0.25) is 0 Å². The third-order valence-electron chi connectivity index (χ3n) is 4.58. The largest absolute Gasteiger partial charge is 0.484 e. The van der Waals surface area contributed by atoms with Gasteiger partial charge in [-0.05, 0) is 42.4 Å². The van der Waals surface area contributed by atoms with Crippen LogP contribution in [0.4, 0.5) is 0 Å². The Balaban J connectivity index is 1.56. The highest BCUT2D eigenvalue weighted by Gasteiger charge is 2.14. The number of hydrogen-bond acceptors (Lipinski definition) is 4. The first kappa shape index (κ1) is 17.9. The van der Waals surface area contributed by atoms with Crippen LogP contribution in [0.3, 0.4) is 0 Å². The fraction of sp³-hybridized carbons (Fsp3) is 0.130. The summed E-state index contributed by atoms with van der Waals surface area (Å²) in [5.74, 6) is 0.822. The number of likely N-dealkylation sites (N-methyl/N-ethyl adjacent to an activating group) is 1. The lowest BCUT2D eigenvalue weighted by Gasteiger charge is -2.20. The highest BCUT2D eigenvalue weighted by molar-refractivity contribution is 5.62. The topological polar surface area (TPSA) is 62.8 Å². The Morgan fingerprint density at radius 3 is 2.57 bits per heavy atom. The lowest BCUT2D eigenvalue weighted by Crippen LogP contribution is -2.21. The average molecular weight is 370 g/mol. The van der Waals surface area contributed by atoms with Gasteiger partial charge in [0.05, 0.1) is 11.9 Å². The van der Waals surface area contributed by atoms with E-state index >= 15 is 0 Å². The molecule has 0 aliphatic rings. The summed E-state index contributed by atoms with van der Waals surface area (Å²) in [5, 5.41) is 10.1. The van der Waals surface area contributed by atoms with Crippen molar-refractivity contribution in [2.75, 3.05) is 13.6 Å². The number of nitrogens with one attached hydrogen (secondary N) is 2. The van der Waals surface area contributed by atoms with Crippen LogP contribution in [0, 0.1) is 0 Å². The quantitative estimate of drug-likeness (QED) is 0.503. The second kappa shape index (κ2) is 8.50. The molecule has 5 nitrogen and oxygen atoms in total. The van der Waals surface area contributed by atoms with Crippen LogP contribution in [0.2, 0.25) is 0 Å². The Labute approximate surface area is 164 Å². The standard InChI is InChI=1S/C23H22N4O/c1-24-16-23(18-10-8-17(9-11-18)20-14-26-27-15-20)28-21-6-4-5-19(13-21)22-7-2-3-12-25-22/h2-15,23-24H,16H2,1H3,(H,26,27). The molecule has 2 heterocycles. The van der Waals surface area contributed by atoms with Gasteiger partial charge in [0.25, 0.3) is 0 Å². The van der Waals surface area contributed by atoms with Crippen LogP contribution < -0.4 is 10.1 Å². The maximum atomic E-state index is 6.32. The minimum Gasteiger partial charge on any atom is -0.484 e. The zero-order chi connectivity index (χ0) is 19.2. The number of aromatic nitrogens is 3. The van der Waals surface area contributed by atoms with Gasteiger partial charge in [0, 0.05) is 30.1 Å². The maximum absolute atomic E-state index is 6.32. The smallest absolute Gasteiger partial charge is 0.136 e. The first-order valence-electron chi connectivity index (χ1n) is 9.25. The lowest BCUT2D eigenvalue weighted by atomic mass is 10.0. The Bertz CT molecular complexity index is 998. The van der Waals surface area contributed by atoms with E-state index in [4.69, 9.17) is 4.74 Å². The molecule has 0 spiro atoms. The fourth-order valence-electron chi connectivity index (χ4n) is 3.14. The molecule has 2 aromatic carbocycles. The molecule has 0 saturated carbocycles. The van der Waals surface area contributed by atoms with E-state index in [0.29, 0.717) is 6.54 Å². The first-order valence-corrected chi connectivity index (χ1v) is 9.25. The molecule has 28 heavy (non-hydrogen) atoms. The molecule has 0 saturated heterocycles. The molecule has 0 fully saturated rings. The summed E-state index contributed by atoms with van der Waals surface area (Å²) < 4.78 is 6.32. The molecular weight excluding hydrogens is 348 g/mol. The van der Waals surface area contributed by atoms with E-state index in [1.54, 1.807) is 6.20 Å². The average Bonchev–Trinajstić information content (AvgIpc) is 3.29. The second-order valence-corrected chi connectivity index (χ2v) is 6.52. The van der Waals surface area contributed by atoms with E-state index in [1.165, 1.54) is 0 Å². The van der Waals surface area contributed by atoms with Crippen molar-refractivity contribution in [3.05, 3.63) is 90.9 Å². The molecule has 0 aliphatic carbocycles. The molecule has 0 radical (unpaired) electrons. The monoisotopic (exact) mass is 370 g/mol. The number of ether oxygens (including phenoxy) is 1. The third-order valence-corrected chi connectivity index (χ3v) is 4.58. The zero-order valence-corrected chi connectivity index (χ0v) is 15.7. The SMILES string of the molecule is CNCC(Oc1cccc(-c2ccccn2)c1)c1ccc(-c2cn[nH]c2)cc1. The van der Waals surface area contributed by atoms with Crippen molar-refractivity contribution in [3.63, 3.8) is 0 Å². The summed E-state index contributed by atoms with van der Waals surface area (Å²) >= 11 is 0. The molecular formula is C23H22N4O. The number of rotatable bonds is 7. The number of nitrogens with zero attached hydrogens (tertiary/aromatic N) is 2. The summed E-state index contributed by atoms with van der Waals surface area (Å²) in [6.07, 6.45) is 5.41. The van der Waals surface area contributed by atoms with Crippen molar-refractivity contribution >= 4 is 0 Å². The molecule has 4 rings (SSSR count). The molecule has 0 aliphatic heterocycles. The van der Waals surface area contributed by atoms with Crippen molar-refractivity contribution in [2.24, 2.45) is 0 Å². The van der Waals surface area contributed by atoms with Crippen LogP contribution in [0.25, 0.3) is 22.4 Å². The van der Waals surface area contributed by atoms with Crippen molar-refractivity contribution < 1.29 is 4.74 Å². The molecule has 140 valence electrons. The summed E-state index contributed by atoms with van der Waals surface area (Å²) in [5.41, 5.74) is 5.28. The van der Waals surface area contributed by atoms with Crippen LogP contribution in [-0.2, 0) is 0 Å². The summed E-state index contributed by atoms with van der Waals surface area (Å²) in [6.45, 7) is 0.707. The van der Waals surface area contributed by atoms with Gasteiger partial charge in [-0.3, -0.25) is 10.1 Å². The van der Waals surface area contributed by atoms with Gasteiger partial charge >= 0.3 is 0 Å². The van der Waals surface area contributed by atoms with E-state index < -0.39 is 0 Å². The van der Waals surface area contributed by atoms with Crippen LogP contribution in [0.1, 0.15) is 11.7 Å². The van der Waals surface area contributed by atoms with Gasteiger partial charge in [-0.1, -0.05) is 42.5 Å². The predicted octanol–water partition coefficient (Wildman–Crippen LogP) is 4.48. The van der Waals surface area contributed by atoms with E-state index in [-0.39, 0.29) is 6.10 Å². The number of hydrogen-bond donors (Lipinski definition) is 2. The summed E-state index contributed by atoms with van der Waals surface area (Å²) in [7, 11) is 1.93. The lowest BCUT2D eigenvalue weighted by molar-refractivity contribution is 0.205. The maximum Gasteiger partial charge on any atom is 0.136 e. The first-order chi connectivity index (χ1) is 13.8. The molecule has 1 atom stereocenters. The normalized spacial score (nSPS) is 11.9. The fourth-order valence-corrected chi connectivity index (χ4v) is 3.14. The van der Waals surface area contributed by atoms with Gasteiger partial charge in [-0.2, -0.15) is 5.10 Å². The Morgan fingerprint density at radius 1 is 0.964 bits per heavy atom. The second-order valence-electron chi connectivity index (χ2n) is 6.52. The predicted molar refractivity (Wildman–Crippen MR) is 111 cm³/mol. The van der Waals surface area contributed by atoms with E-state index in [9.17, 15) is 0 Å².